The van der Waals surface area contributed by atoms with E-state index in [9.17, 15) is 4.79 Å². The summed E-state index contributed by atoms with van der Waals surface area (Å²) < 4.78 is 0. The second-order valence-corrected chi connectivity index (χ2v) is 13.0. The maximum Gasteiger partial charge on any atom is 0.246 e. The van der Waals surface area contributed by atoms with E-state index in [2.05, 4.69) is 18.8 Å². The first-order valence-electron chi connectivity index (χ1n) is 18.6. The molecular formula is C38H75NO. The van der Waals surface area contributed by atoms with Gasteiger partial charge in [0, 0.05) is 12.1 Å². The van der Waals surface area contributed by atoms with Crippen molar-refractivity contribution >= 4 is 5.91 Å². The van der Waals surface area contributed by atoms with Crippen LogP contribution in [0, 0.1) is 0 Å². The van der Waals surface area contributed by atoms with Crippen molar-refractivity contribution in [3.8, 4) is 0 Å². The van der Waals surface area contributed by atoms with Gasteiger partial charge in [-0.25, -0.2) is 0 Å². The highest BCUT2D eigenvalue weighted by Crippen LogP contribution is 2.16. The van der Waals surface area contributed by atoms with Gasteiger partial charge < -0.3 is 5.32 Å². The molecule has 238 valence electrons. The second-order valence-electron chi connectivity index (χ2n) is 13.0. The van der Waals surface area contributed by atoms with E-state index < -0.39 is 0 Å². The Labute approximate surface area is 253 Å². The lowest BCUT2D eigenvalue weighted by Gasteiger charge is -2.05. The average molecular weight is 562 g/mol. The van der Waals surface area contributed by atoms with Gasteiger partial charge in [-0.2, -0.15) is 0 Å². The van der Waals surface area contributed by atoms with Crippen molar-refractivity contribution in [3.63, 3.8) is 0 Å². The molecular weight excluding hydrogens is 486 g/mol. The molecule has 1 amide bonds. The van der Waals surface area contributed by atoms with Crippen molar-refractivity contribution in [1.29, 1.82) is 0 Å². The monoisotopic (exact) mass is 562 g/mol. The van der Waals surface area contributed by atoms with E-state index >= 15 is 0 Å². The zero-order valence-electron chi connectivity index (χ0n) is 27.9. The van der Waals surface area contributed by atoms with Crippen molar-refractivity contribution in [2.75, 3.05) is 6.54 Å². The number of rotatable bonds is 34. The molecule has 0 aliphatic heterocycles. The van der Waals surface area contributed by atoms with Crippen LogP contribution in [0.2, 0.25) is 0 Å². The van der Waals surface area contributed by atoms with Gasteiger partial charge in [-0.1, -0.05) is 213 Å². The van der Waals surface area contributed by atoms with E-state index in [4.69, 9.17) is 0 Å². The Morgan fingerprint density at radius 2 is 0.600 bits per heavy atom. The Kier molecular flexibility index (Phi) is 33.7. The third kappa shape index (κ3) is 33.4. The van der Waals surface area contributed by atoms with Gasteiger partial charge in [-0.3, -0.25) is 4.79 Å². The van der Waals surface area contributed by atoms with Crippen LogP contribution in [0.15, 0.2) is 12.2 Å². The van der Waals surface area contributed by atoms with Crippen LogP contribution in [0.25, 0.3) is 0 Å². The lowest BCUT2D eigenvalue weighted by Crippen LogP contribution is -2.24. The minimum absolute atomic E-state index is 0.000685. The van der Waals surface area contributed by atoms with Crippen LogP contribution in [0.5, 0.6) is 0 Å². The predicted molar refractivity (Wildman–Crippen MR) is 181 cm³/mol. The van der Waals surface area contributed by atoms with Crippen LogP contribution >= 0.6 is 0 Å². The maximum atomic E-state index is 11.4. The molecule has 2 heteroatoms. The fraction of sp³-hybridized carbons (Fsp3) is 0.921. The number of amides is 1. The first kappa shape index (κ1) is 39.2. The summed E-state index contributed by atoms with van der Waals surface area (Å²) >= 11 is 0. The van der Waals surface area contributed by atoms with E-state index in [1.807, 2.05) is 0 Å². The topological polar surface area (TPSA) is 29.1 Å². The minimum Gasteiger partial charge on any atom is -0.352 e. The molecule has 0 aliphatic carbocycles. The molecule has 0 bridgehead atoms. The van der Waals surface area contributed by atoms with Gasteiger partial charge >= 0.3 is 0 Å². The van der Waals surface area contributed by atoms with Gasteiger partial charge in [0.15, 0.2) is 0 Å². The van der Waals surface area contributed by atoms with Crippen molar-refractivity contribution < 1.29 is 4.79 Å². The highest BCUT2D eigenvalue weighted by Gasteiger charge is 2.00. The van der Waals surface area contributed by atoms with Gasteiger partial charge in [-0.05, 0) is 13.3 Å². The van der Waals surface area contributed by atoms with E-state index in [1.165, 1.54) is 199 Å². The van der Waals surface area contributed by atoms with Crippen molar-refractivity contribution in [1.82, 2.24) is 5.32 Å². The Hall–Kier alpha value is -0.790. The van der Waals surface area contributed by atoms with Gasteiger partial charge in [0.25, 0.3) is 0 Å². The lowest BCUT2D eigenvalue weighted by molar-refractivity contribution is -0.117. The fourth-order valence-electron chi connectivity index (χ4n) is 5.85. The number of unbranched alkanes of at least 4 members (excludes halogenated alkanes) is 31. The minimum atomic E-state index is 0.000685. The molecule has 40 heavy (non-hydrogen) atoms. The molecule has 0 radical (unpaired) electrons. The molecule has 0 heterocycles. The summed E-state index contributed by atoms with van der Waals surface area (Å²) in [4.78, 5) is 11.4. The van der Waals surface area contributed by atoms with E-state index in [1.54, 1.807) is 6.92 Å². The summed E-state index contributed by atoms with van der Waals surface area (Å²) in [5.74, 6) is 0.000685. The summed E-state index contributed by atoms with van der Waals surface area (Å²) in [5.41, 5.74) is 0.607. The molecule has 0 fully saturated rings. The fourth-order valence-corrected chi connectivity index (χ4v) is 5.85. The molecule has 0 saturated carbocycles. The van der Waals surface area contributed by atoms with Crippen LogP contribution in [-0.2, 0) is 4.79 Å². The zero-order valence-corrected chi connectivity index (χ0v) is 27.9. The summed E-state index contributed by atoms with van der Waals surface area (Å²) in [7, 11) is 0. The first-order valence-corrected chi connectivity index (χ1v) is 18.6. The predicted octanol–water partition coefficient (Wildman–Crippen LogP) is 13.2. The zero-order chi connectivity index (χ0) is 29.2. The highest BCUT2D eigenvalue weighted by molar-refractivity contribution is 5.91. The normalized spacial score (nSPS) is 11.2. The molecule has 0 atom stereocenters. The molecule has 0 spiro atoms. The summed E-state index contributed by atoms with van der Waals surface area (Å²) in [6.07, 6.45) is 45.9. The maximum absolute atomic E-state index is 11.4. The van der Waals surface area contributed by atoms with Gasteiger partial charge in [0.2, 0.25) is 5.91 Å². The second kappa shape index (κ2) is 34.4. The summed E-state index contributed by atoms with van der Waals surface area (Å²) in [5, 5.41) is 2.92. The average Bonchev–Trinajstić information content (AvgIpc) is 2.95. The van der Waals surface area contributed by atoms with E-state index in [-0.39, 0.29) is 5.91 Å². The number of nitrogens with one attached hydrogen (secondary N) is 1. The SMILES string of the molecule is C=C(C)C(=O)NCCCCCCCCCCCCCCCCCCCCCCCCCCCCCCCCCC. The Bertz CT molecular complexity index is 514. The lowest BCUT2D eigenvalue weighted by atomic mass is 10.0. The molecule has 0 aliphatic rings. The molecule has 0 aromatic carbocycles. The van der Waals surface area contributed by atoms with Gasteiger partial charge in [0.1, 0.15) is 0 Å². The van der Waals surface area contributed by atoms with Crippen LogP contribution in [-0.4, -0.2) is 12.5 Å². The molecule has 1 N–H and O–H groups in total. The molecule has 2 nitrogen and oxygen atoms in total. The summed E-state index contributed by atoms with van der Waals surface area (Å²) in [6.45, 7) is 8.53. The van der Waals surface area contributed by atoms with E-state index in [0.29, 0.717) is 5.57 Å². The third-order valence-electron chi connectivity index (χ3n) is 8.70. The molecule has 0 aromatic heterocycles. The van der Waals surface area contributed by atoms with Gasteiger partial charge in [0.05, 0.1) is 0 Å². The van der Waals surface area contributed by atoms with Crippen molar-refractivity contribution in [2.24, 2.45) is 0 Å². The largest absolute Gasteiger partial charge is 0.352 e. The van der Waals surface area contributed by atoms with Crippen molar-refractivity contribution in [2.45, 2.75) is 219 Å². The smallest absolute Gasteiger partial charge is 0.246 e. The molecule has 0 aromatic rings. The van der Waals surface area contributed by atoms with E-state index in [0.717, 1.165) is 13.0 Å². The standard InChI is InChI=1S/C38H75NO/c1-4-5-6-7-8-9-10-11-12-13-14-15-16-17-18-19-20-21-22-23-24-25-26-27-28-29-30-31-32-33-34-35-36-39-38(40)37(2)3/h2,4-36H2,1,3H3,(H,39,40). The van der Waals surface area contributed by atoms with Crippen LogP contribution in [0.3, 0.4) is 0 Å². The number of hydrogen-bond donors (Lipinski definition) is 1. The number of hydrogen-bond acceptors (Lipinski definition) is 1. The Morgan fingerprint density at radius 1 is 0.400 bits per heavy atom. The Balaban J connectivity index is 3.06. The van der Waals surface area contributed by atoms with Crippen LogP contribution in [0.4, 0.5) is 0 Å². The summed E-state index contributed by atoms with van der Waals surface area (Å²) in [6, 6.07) is 0. The van der Waals surface area contributed by atoms with Crippen molar-refractivity contribution in [3.05, 3.63) is 12.2 Å². The quantitative estimate of drug-likeness (QED) is 0.0614. The van der Waals surface area contributed by atoms with Crippen LogP contribution < -0.4 is 5.32 Å². The first-order chi connectivity index (χ1) is 19.7. The van der Waals surface area contributed by atoms with Gasteiger partial charge in [-0.15, -0.1) is 0 Å². The molecule has 0 saturated heterocycles. The Morgan fingerprint density at radius 3 is 0.800 bits per heavy atom. The van der Waals surface area contributed by atoms with Crippen LogP contribution in [0.1, 0.15) is 219 Å². The highest BCUT2D eigenvalue weighted by atomic mass is 16.1. The number of carbonyl (C=O) groups excluding carboxylic acids is 1. The third-order valence-corrected chi connectivity index (χ3v) is 8.70. The molecule has 0 unspecified atom stereocenters. The number of carbonyl (C=O) groups is 1. The molecule has 0 rings (SSSR count).